The lowest BCUT2D eigenvalue weighted by molar-refractivity contribution is -0.159. The molecule has 27 heavy (non-hydrogen) atoms. The molecule has 0 aliphatic carbocycles. The van der Waals surface area contributed by atoms with Crippen molar-refractivity contribution in [1.82, 2.24) is 4.90 Å². The highest BCUT2D eigenvalue weighted by Gasteiger charge is 2.14. The standard InChI is InChI=1S/C17H27NO3.C2H2O4/c1-15-7-9-18(10-8-15)11-12-20-13-14-21-17-6-4-3-5-16(17)19-2;3-1(4)2(5)6/h3-6,15H,7-14H2,1-2H3;(H,3,4)(H,5,6). The lowest BCUT2D eigenvalue weighted by Crippen LogP contribution is -2.35. The molecule has 0 unspecified atom stereocenters. The monoisotopic (exact) mass is 383 g/mol. The number of hydrogen-bond acceptors (Lipinski definition) is 6. The lowest BCUT2D eigenvalue weighted by atomic mass is 9.99. The second kappa shape index (κ2) is 12.9. The number of rotatable bonds is 8. The van der Waals surface area contributed by atoms with Crippen molar-refractivity contribution in [1.29, 1.82) is 0 Å². The number of carboxylic acids is 2. The van der Waals surface area contributed by atoms with Gasteiger partial charge in [0.25, 0.3) is 0 Å². The van der Waals surface area contributed by atoms with E-state index in [0.717, 1.165) is 30.6 Å². The average Bonchev–Trinajstić information content (AvgIpc) is 2.66. The minimum Gasteiger partial charge on any atom is -0.493 e. The molecule has 1 aromatic rings. The molecule has 1 heterocycles. The molecule has 1 fully saturated rings. The quantitative estimate of drug-likeness (QED) is 0.519. The van der Waals surface area contributed by atoms with Crippen molar-refractivity contribution in [2.75, 3.05) is 46.6 Å². The van der Waals surface area contributed by atoms with Crippen molar-refractivity contribution in [2.24, 2.45) is 5.92 Å². The number of hydrogen-bond donors (Lipinski definition) is 2. The summed E-state index contributed by atoms with van der Waals surface area (Å²) < 4.78 is 16.6. The van der Waals surface area contributed by atoms with Crippen LogP contribution < -0.4 is 9.47 Å². The normalized spacial score (nSPS) is 14.7. The molecule has 1 aromatic carbocycles. The second-order valence-electron chi connectivity index (χ2n) is 6.25. The van der Waals surface area contributed by atoms with Crippen LogP contribution in [0, 0.1) is 5.92 Å². The summed E-state index contributed by atoms with van der Waals surface area (Å²) in [5.41, 5.74) is 0. The third-order valence-corrected chi connectivity index (χ3v) is 4.17. The van der Waals surface area contributed by atoms with Crippen molar-refractivity contribution in [3.8, 4) is 11.5 Å². The highest BCUT2D eigenvalue weighted by atomic mass is 16.5. The van der Waals surface area contributed by atoms with Crippen LogP contribution >= 0.6 is 0 Å². The first-order chi connectivity index (χ1) is 12.9. The van der Waals surface area contributed by atoms with Crippen LogP contribution in [0.15, 0.2) is 24.3 Å². The Kier molecular flexibility index (Phi) is 10.9. The molecule has 8 heteroatoms. The summed E-state index contributed by atoms with van der Waals surface area (Å²) in [4.78, 5) is 20.7. The Bertz CT molecular complexity index is 559. The van der Waals surface area contributed by atoms with E-state index in [1.54, 1.807) is 7.11 Å². The zero-order valence-corrected chi connectivity index (χ0v) is 15.9. The van der Waals surface area contributed by atoms with Gasteiger partial charge >= 0.3 is 11.9 Å². The second-order valence-corrected chi connectivity index (χ2v) is 6.25. The fraction of sp³-hybridized carbons (Fsp3) is 0.579. The number of carbonyl (C=O) groups is 2. The van der Waals surface area contributed by atoms with Gasteiger partial charge in [0.1, 0.15) is 6.61 Å². The van der Waals surface area contributed by atoms with E-state index in [1.807, 2.05) is 24.3 Å². The van der Waals surface area contributed by atoms with Gasteiger partial charge in [0, 0.05) is 6.54 Å². The van der Waals surface area contributed by atoms with Crippen molar-refractivity contribution >= 4 is 11.9 Å². The summed E-state index contributed by atoms with van der Waals surface area (Å²) in [7, 11) is 1.65. The van der Waals surface area contributed by atoms with Crippen LogP contribution in [-0.2, 0) is 14.3 Å². The van der Waals surface area contributed by atoms with Gasteiger partial charge in [-0.25, -0.2) is 9.59 Å². The first-order valence-corrected chi connectivity index (χ1v) is 8.96. The molecule has 0 bridgehead atoms. The molecule has 1 saturated heterocycles. The maximum Gasteiger partial charge on any atom is 0.414 e. The molecule has 152 valence electrons. The van der Waals surface area contributed by atoms with Gasteiger partial charge in [-0.15, -0.1) is 0 Å². The number of methoxy groups -OCH3 is 1. The number of likely N-dealkylation sites (tertiary alicyclic amines) is 1. The number of nitrogens with zero attached hydrogens (tertiary/aromatic N) is 1. The maximum absolute atomic E-state index is 9.10. The van der Waals surface area contributed by atoms with Crippen molar-refractivity contribution in [3.63, 3.8) is 0 Å². The van der Waals surface area contributed by atoms with E-state index >= 15 is 0 Å². The highest BCUT2D eigenvalue weighted by molar-refractivity contribution is 6.27. The van der Waals surface area contributed by atoms with Gasteiger partial charge in [0.15, 0.2) is 11.5 Å². The molecule has 8 nitrogen and oxygen atoms in total. The van der Waals surface area contributed by atoms with E-state index in [9.17, 15) is 0 Å². The van der Waals surface area contributed by atoms with Gasteiger partial charge < -0.3 is 29.3 Å². The summed E-state index contributed by atoms with van der Waals surface area (Å²) in [5, 5.41) is 14.8. The first kappa shape index (κ1) is 22.7. The number of carboxylic acid groups (broad SMARTS) is 2. The Hall–Kier alpha value is -2.32. The smallest absolute Gasteiger partial charge is 0.414 e. The zero-order valence-electron chi connectivity index (χ0n) is 15.9. The molecule has 2 N–H and O–H groups in total. The van der Waals surface area contributed by atoms with Crippen LogP contribution in [0.2, 0.25) is 0 Å². The number of para-hydroxylation sites is 2. The fourth-order valence-corrected chi connectivity index (χ4v) is 2.53. The molecule has 0 atom stereocenters. The summed E-state index contributed by atoms with van der Waals surface area (Å²) >= 11 is 0. The summed E-state index contributed by atoms with van der Waals surface area (Å²) in [6, 6.07) is 7.68. The number of piperidine rings is 1. The lowest BCUT2D eigenvalue weighted by Gasteiger charge is -2.29. The molecule has 0 radical (unpaired) electrons. The molecule has 1 aliphatic rings. The topological polar surface area (TPSA) is 106 Å². The van der Waals surface area contributed by atoms with Gasteiger partial charge in [-0.05, 0) is 44.0 Å². The predicted molar refractivity (Wildman–Crippen MR) is 99.4 cm³/mol. The van der Waals surface area contributed by atoms with Crippen LogP contribution in [-0.4, -0.2) is 73.6 Å². The van der Waals surface area contributed by atoms with Crippen LogP contribution in [0.3, 0.4) is 0 Å². The Balaban J connectivity index is 0.000000527. The molecule has 0 spiro atoms. The van der Waals surface area contributed by atoms with Crippen molar-refractivity contribution < 1.29 is 34.0 Å². The molecule has 2 rings (SSSR count). The summed E-state index contributed by atoms with van der Waals surface area (Å²) in [5.74, 6) is -1.23. The number of aliphatic carboxylic acids is 2. The van der Waals surface area contributed by atoms with E-state index in [0.29, 0.717) is 13.2 Å². The minimum absolute atomic E-state index is 0.553. The molecular formula is C19H29NO7. The SMILES string of the molecule is COc1ccccc1OCCOCCN1CCC(C)CC1.O=C(O)C(=O)O. The zero-order chi connectivity index (χ0) is 20.1. The minimum atomic E-state index is -1.82. The van der Waals surface area contributed by atoms with Gasteiger partial charge in [-0.1, -0.05) is 19.1 Å². The van der Waals surface area contributed by atoms with Crippen molar-refractivity contribution in [3.05, 3.63) is 24.3 Å². The average molecular weight is 383 g/mol. The largest absolute Gasteiger partial charge is 0.493 e. The molecule has 0 saturated carbocycles. The van der Waals surface area contributed by atoms with Crippen LogP contribution in [0.5, 0.6) is 11.5 Å². The Morgan fingerprint density at radius 2 is 1.63 bits per heavy atom. The predicted octanol–water partition coefficient (Wildman–Crippen LogP) is 1.98. The third-order valence-electron chi connectivity index (χ3n) is 4.17. The van der Waals surface area contributed by atoms with Crippen LogP contribution in [0.1, 0.15) is 19.8 Å². The van der Waals surface area contributed by atoms with Crippen molar-refractivity contribution in [2.45, 2.75) is 19.8 Å². The van der Waals surface area contributed by atoms with Crippen LogP contribution in [0.25, 0.3) is 0 Å². The highest BCUT2D eigenvalue weighted by Crippen LogP contribution is 2.25. The van der Waals surface area contributed by atoms with Gasteiger partial charge in [0.05, 0.1) is 20.3 Å². The Morgan fingerprint density at radius 3 is 2.19 bits per heavy atom. The Labute approximate surface area is 159 Å². The third kappa shape index (κ3) is 9.81. The Morgan fingerprint density at radius 1 is 1.04 bits per heavy atom. The maximum atomic E-state index is 9.10. The molecule has 0 amide bonds. The van der Waals surface area contributed by atoms with E-state index in [4.69, 9.17) is 34.0 Å². The van der Waals surface area contributed by atoms with E-state index in [2.05, 4.69) is 11.8 Å². The van der Waals surface area contributed by atoms with E-state index < -0.39 is 11.9 Å². The van der Waals surface area contributed by atoms with E-state index in [1.165, 1.54) is 25.9 Å². The van der Waals surface area contributed by atoms with Gasteiger partial charge in [-0.2, -0.15) is 0 Å². The molecule has 1 aliphatic heterocycles. The van der Waals surface area contributed by atoms with Gasteiger partial charge in [0.2, 0.25) is 0 Å². The summed E-state index contributed by atoms with van der Waals surface area (Å²) in [6.45, 7) is 7.73. The molecular weight excluding hydrogens is 354 g/mol. The number of benzene rings is 1. The first-order valence-electron chi connectivity index (χ1n) is 8.96. The van der Waals surface area contributed by atoms with Gasteiger partial charge in [-0.3, -0.25) is 0 Å². The number of ether oxygens (including phenoxy) is 3. The van der Waals surface area contributed by atoms with Crippen LogP contribution in [0.4, 0.5) is 0 Å². The van der Waals surface area contributed by atoms with E-state index in [-0.39, 0.29) is 0 Å². The molecule has 0 aromatic heterocycles. The fourth-order valence-electron chi connectivity index (χ4n) is 2.53. The summed E-state index contributed by atoms with van der Waals surface area (Å²) in [6.07, 6.45) is 2.63.